The van der Waals surface area contributed by atoms with E-state index in [1.54, 1.807) is 6.92 Å². The van der Waals surface area contributed by atoms with E-state index in [0.717, 1.165) is 16.8 Å². The molecular weight excluding hydrogens is 290 g/mol. The van der Waals surface area contributed by atoms with Crippen molar-refractivity contribution in [2.45, 2.75) is 33.7 Å². The molecule has 0 fully saturated rings. The van der Waals surface area contributed by atoms with E-state index in [1.165, 1.54) is 4.90 Å². The van der Waals surface area contributed by atoms with Gasteiger partial charge in [0.25, 0.3) is 0 Å². The first kappa shape index (κ1) is 19.4. The quantitative estimate of drug-likeness (QED) is 0.871. The molecule has 0 unspecified atom stereocenters. The number of nitrogens with two attached hydrogens (primary N) is 1. The molecule has 0 spiro atoms. The largest absolute Gasteiger partial charge is 0.332 e. The van der Waals surface area contributed by atoms with Gasteiger partial charge in [0.05, 0.1) is 12.6 Å². The van der Waals surface area contributed by atoms with Gasteiger partial charge < -0.3 is 16.0 Å². The van der Waals surface area contributed by atoms with Crippen molar-refractivity contribution < 1.29 is 9.59 Å². The molecule has 0 aliphatic carbocycles. The first-order valence-corrected chi connectivity index (χ1v) is 6.77. The Morgan fingerprint density at radius 1 is 1.29 bits per heavy atom. The second-order valence-corrected chi connectivity index (χ2v) is 4.96. The van der Waals surface area contributed by atoms with Crippen LogP contribution in [0.5, 0.6) is 0 Å². The topological polar surface area (TPSA) is 75.4 Å². The fraction of sp³-hybridized carbons (Fsp3) is 0.467. The number of nitrogens with one attached hydrogen (secondary N) is 1. The second kappa shape index (κ2) is 8.64. The Balaban J connectivity index is 0.00000400. The minimum atomic E-state index is -0.594. The number of anilines is 1. The van der Waals surface area contributed by atoms with Gasteiger partial charge in [0.2, 0.25) is 11.8 Å². The van der Waals surface area contributed by atoms with Gasteiger partial charge in [-0.1, -0.05) is 18.2 Å². The Bertz CT molecular complexity index is 483. The van der Waals surface area contributed by atoms with Crippen LogP contribution in [0.4, 0.5) is 5.69 Å². The van der Waals surface area contributed by atoms with Gasteiger partial charge >= 0.3 is 0 Å². The number of likely N-dealkylation sites (N-methyl/N-ethyl adjacent to an activating group) is 1. The molecule has 0 heterocycles. The summed E-state index contributed by atoms with van der Waals surface area (Å²) in [5.74, 6) is -0.428. The monoisotopic (exact) mass is 313 g/mol. The Hall–Kier alpha value is -1.59. The molecule has 0 aliphatic rings. The van der Waals surface area contributed by atoms with Gasteiger partial charge in [0, 0.05) is 12.2 Å². The fourth-order valence-corrected chi connectivity index (χ4v) is 2.00. The van der Waals surface area contributed by atoms with Crippen LogP contribution in [-0.2, 0) is 9.59 Å². The first-order chi connectivity index (χ1) is 9.36. The van der Waals surface area contributed by atoms with Crippen LogP contribution in [0.15, 0.2) is 18.2 Å². The molecule has 0 radical (unpaired) electrons. The van der Waals surface area contributed by atoms with E-state index >= 15 is 0 Å². The van der Waals surface area contributed by atoms with Crippen molar-refractivity contribution in [1.82, 2.24) is 4.90 Å². The van der Waals surface area contributed by atoms with Gasteiger partial charge in [-0.3, -0.25) is 9.59 Å². The Morgan fingerprint density at radius 3 is 2.24 bits per heavy atom. The predicted octanol–water partition coefficient (Wildman–Crippen LogP) is 1.86. The third kappa shape index (κ3) is 5.36. The lowest BCUT2D eigenvalue weighted by Crippen LogP contribution is -2.45. The van der Waals surface area contributed by atoms with Crippen LogP contribution >= 0.6 is 12.4 Å². The van der Waals surface area contributed by atoms with Crippen LogP contribution in [-0.4, -0.2) is 35.8 Å². The Labute approximate surface area is 132 Å². The maximum atomic E-state index is 12.1. The van der Waals surface area contributed by atoms with E-state index < -0.39 is 6.04 Å². The highest BCUT2D eigenvalue weighted by molar-refractivity contribution is 5.96. The molecule has 1 rings (SSSR count). The number of para-hydroxylation sites is 1. The normalized spacial score (nSPS) is 11.3. The van der Waals surface area contributed by atoms with Crippen LogP contribution in [0.3, 0.4) is 0 Å². The lowest BCUT2D eigenvalue weighted by molar-refractivity contribution is -0.135. The van der Waals surface area contributed by atoms with Crippen molar-refractivity contribution in [2.24, 2.45) is 5.73 Å². The highest BCUT2D eigenvalue weighted by Crippen LogP contribution is 2.19. The Morgan fingerprint density at radius 2 is 1.81 bits per heavy atom. The summed E-state index contributed by atoms with van der Waals surface area (Å²) in [6, 6.07) is 5.22. The van der Waals surface area contributed by atoms with Crippen molar-refractivity contribution >= 4 is 29.9 Å². The third-order valence-electron chi connectivity index (χ3n) is 3.16. The minimum Gasteiger partial charge on any atom is -0.332 e. The number of hydrogen-bond acceptors (Lipinski definition) is 3. The van der Waals surface area contributed by atoms with Gasteiger partial charge in [0.15, 0.2) is 0 Å². The van der Waals surface area contributed by atoms with Crippen LogP contribution in [0.1, 0.15) is 25.0 Å². The zero-order valence-corrected chi connectivity index (χ0v) is 13.8. The highest BCUT2D eigenvalue weighted by atomic mass is 35.5. The summed E-state index contributed by atoms with van der Waals surface area (Å²) in [4.78, 5) is 25.3. The summed E-state index contributed by atoms with van der Waals surface area (Å²) in [6.07, 6.45) is 0. The fourth-order valence-electron chi connectivity index (χ4n) is 2.00. The zero-order valence-electron chi connectivity index (χ0n) is 13.0. The number of hydrogen-bond donors (Lipinski definition) is 2. The zero-order chi connectivity index (χ0) is 15.3. The van der Waals surface area contributed by atoms with Gasteiger partial charge in [0.1, 0.15) is 0 Å². The molecule has 2 amide bonds. The molecule has 0 bridgehead atoms. The lowest BCUT2D eigenvalue weighted by atomic mass is 10.1. The molecule has 118 valence electrons. The Kier molecular flexibility index (Phi) is 7.99. The van der Waals surface area contributed by atoms with Crippen LogP contribution in [0.25, 0.3) is 0 Å². The molecule has 1 atom stereocenters. The first-order valence-electron chi connectivity index (χ1n) is 6.77. The van der Waals surface area contributed by atoms with Crippen molar-refractivity contribution in [2.75, 3.05) is 18.4 Å². The van der Waals surface area contributed by atoms with Crippen molar-refractivity contribution in [3.8, 4) is 0 Å². The molecule has 1 aromatic rings. The predicted molar refractivity (Wildman–Crippen MR) is 87.7 cm³/mol. The average molecular weight is 314 g/mol. The molecule has 0 saturated carbocycles. The van der Waals surface area contributed by atoms with Crippen molar-refractivity contribution in [3.05, 3.63) is 29.3 Å². The molecule has 6 heteroatoms. The van der Waals surface area contributed by atoms with Crippen molar-refractivity contribution in [1.29, 1.82) is 0 Å². The van der Waals surface area contributed by atoms with Gasteiger partial charge in [-0.25, -0.2) is 0 Å². The van der Waals surface area contributed by atoms with Crippen LogP contribution in [0.2, 0.25) is 0 Å². The minimum absolute atomic E-state index is 0. The lowest BCUT2D eigenvalue weighted by Gasteiger charge is -2.22. The van der Waals surface area contributed by atoms with E-state index in [-0.39, 0.29) is 30.8 Å². The molecule has 5 nitrogen and oxygen atoms in total. The molecule has 0 saturated heterocycles. The number of nitrogens with zero attached hydrogens (tertiary/aromatic N) is 1. The van der Waals surface area contributed by atoms with E-state index in [9.17, 15) is 9.59 Å². The van der Waals surface area contributed by atoms with E-state index in [2.05, 4.69) is 5.32 Å². The summed E-state index contributed by atoms with van der Waals surface area (Å²) in [5.41, 5.74) is 8.37. The molecule has 1 aromatic carbocycles. The molecule has 3 N–H and O–H groups in total. The number of halogens is 1. The third-order valence-corrected chi connectivity index (χ3v) is 3.16. The average Bonchev–Trinajstić information content (AvgIpc) is 2.39. The second-order valence-electron chi connectivity index (χ2n) is 4.96. The number of carbonyl (C=O) groups is 2. The van der Waals surface area contributed by atoms with Crippen molar-refractivity contribution in [3.63, 3.8) is 0 Å². The van der Waals surface area contributed by atoms with Crippen LogP contribution in [0, 0.1) is 13.8 Å². The summed E-state index contributed by atoms with van der Waals surface area (Å²) in [5, 5.41) is 2.86. The number of amides is 2. The van der Waals surface area contributed by atoms with E-state index in [4.69, 9.17) is 5.73 Å². The van der Waals surface area contributed by atoms with Gasteiger partial charge in [-0.15, -0.1) is 12.4 Å². The highest BCUT2D eigenvalue weighted by Gasteiger charge is 2.19. The van der Waals surface area contributed by atoms with E-state index in [0.29, 0.717) is 6.54 Å². The SMILES string of the molecule is CCN(CC(=O)Nc1c(C)cccc1C)C(=O)[C@H](C)N.Cl. The maximum absolute atomic E-state index is 12.1. The van der Waals surface area contributed by atoms with Gasteiger partial charge in [-0.2, -0.15) is 0 Å². The van der Waals surface area contributed by atoms with Gasteiger partial charge in [-0.05, 0) is 38.8 Å². The van der Waals surface area contributed by atoms with E-state index in [1.807, 2.05) is 39.0 Å². The standard InChI is InChI=1S/C15H23N3O2.ClH/c1-5-18(15(20)12(4)16)9-13(19)17-14-10(2)7-6-8-11(14)3;/h6-8,12H,5,9,16H2,1-4H3,(H,17,19);1H/t12-;/m0./s1. The number of aryl methyl sites for hydroxylation is 2. The summed E-state index contributed by atoms with van der Waals surface area (Å²) in [6.45, 7) is 7.80. The molecule has 0 aromatic heterocycles. The maximum Gasteiger partial charge on any atom is 0.244 e. The number of rotatable bonds is 5. The smallest absolute Gasteiger partial charge is 0.244 e. The summed E-state index contributed by atoms with van der Waals surface area (Å²) < 4.78 is 0. The molecular formula is C15H24ClN3O2. The van der Waals surface area contributed by atoms with Crippen LogP contribution < -0.4 is 11.1 Å². The summed E-state index contributed by atoms with van der Waals surface area (Å²) in [7, 11) is 0. The number of benzene rings is 1. The molecule has 0 aliphatic heterocycles. The summed E-state index contributed by atoms with van der Waals surface area (Å²) >= 11 is 0. The number of carbonyl (C=O) groups excluding carboxylic acids is 2. The molecule has 21 heavy (non-hydrogen) atoms.